The maximum atomic E-state index is 11.8. The minimum absolute atomic E-state index is 0. The standard InChI is InChI=1S/C20H27N3O4.ClH/c24-18-8-7-17(20(27)22-18)21-16-5-3-14(4-6-16)15-9-12-23(13-10-15)11-1-2-19(25)26;/h3-6,15,17,21H,1-2,7-13H2,(H,25,26)(H,22,24,27);1H/t17-;/m0./s1. The molecule has 154 valence electrons. The number of nitrogens with zero attached hydrogens (tertiary/aromatic N) is 1. The van der Waals surface area contributed by atoms with Crippen LogP contribution in [0.3, 0.4) is 0 Å². The first-order valence-corrected chi connectivity index (χ1v) is 9.65. The van der Waals surface area contributed by atoms with E-state index < -0.39 is 5.97 Å². The second kappa shape index (κ2) is 10.4. The lowest BCUT2D eigenvalue weighted by Gasteiger charge is -2.32. The van der Waals surface area contributed by atoms with Gasteiger partial charge in [-0.05, 0) is 68.9 Å². The van der Waals surface area contributed by atoms with Crippen molar-refractivity contribution in [3.63, 3.8) is 0 Å². The Morgan fingerprint density at radius 1 is 1.14 bits per heavy atom. The number of carbonyl (C=O) groups is 3. The highest BCUT2D eigenvalue weighted by Gasteiger charge is 2.26. The first-order chi connectivity index (χ1) is 13.0. The minimum Gasteiger partial charge on any atom is -0.481 e. The molecular weight excluding hydrogens is 382 g/mol. The number of rotatable bonds is 7. The van der Waals surface area contributed by atoms with Crippen molar-refractivity contribution < 1.29 is 19.5 Å². The number of hydrogen-bond donors (Lipinski definition) is 3. The van der Waals surface area contributed by atoms with Crippen LogP contribution < -0.4 is 10.6 Å². The van der Waals surface area contributed by atoms with E-state index in [1.165, 1.54) is 5.56 Å². The molecule has 2 fully saturated rings. The molecule has 0 aromatic heterocycles. The number of carbonyl (C=O) groups excluding carboxylic acids is 2. The van der Waals surface area contributed by atoms with Gasteiger partial charge in [-0.3, -0.25) is 19.7 Å². The molecule has 0 spiro atoms. The van der Waals surface area contributed by atoms with Gasteiger partial charge in [-0.1, -0.05) is 12.1 Å². The highest BCUT2D eigenvalue weighted by molar-refractivity contribution is 6.01. The van der Waals surface area contributed by atoms with Crippen LogP contribution in [-0.4, -0.2) is 53.5 Å². The van der Waals surface area contributed by atoms with Crippen molar-refractivity contribution in [3.05, 3.63) is 29.8 Å². The van der Waals surface area contributed by atoms with Gasteiger partial charge in [0.15, 0.2) is 0 Å². The van der Waals surface area contributed by atoms with E-state index >= 15 is 0 Å². The molecule has 2 aliphatic rings. The largest absolute Gasteiger partial charge is 0.481 e. The number of imide groups is 1. The summed E-state index contributed by atoms with van der Waals surface area (Å²) in [4.78, 5) is 36.0. The molecular formula is C20H28ClN3O4. The zero-order valence-electron chi connectivity index (χ0n) is 15.9. The summed E-state index contributed by atoms with van der Waals surface area (Å²) in [5.74, 6) is -0.672. The predicted molar refractivity (Wildman–Crippen MR) is 109 cm³/mol. The van der Waals surface area contributed by atoms with E-state index in [0.717, 1.165) is 38.2 Å². The van der Waals surface area contributed by atoms with E-state index in [0.29, 0.717) is 25.2 Å². The molecule has 1 aromatic rings. The number of amides is 2. The third kappa shape index (κ3) is 6.21. The molecule has 0 radical (unpaired) electrons. The molecule has 3 N–H and O–H groups in total. The molecule has 2 saturated heterocycles. The van der Waals surface area contributed by atoms with Crippen LogP contribution in [0.4, 0.5) is 5.69 Å². The van der Waals surface area contributed by atoms with E-state index in [2.05, 4.69) is 27.7 Å². The fourth-order valence-electron chi connectivity index (χ4n) is 3.83. The zero-order chi connectivity index (χ0) is 19.2. The number of hydrogen-bond acceptors (Lipinski definition) is 5. The monoisotopic (exact) mass is 409 g/mol. The first-order valence-electron chi connectivity index (χ1n) is 9.65. The van der Waals surface area contributed by atoms with Crippen molar-refractivity contribution >= 4 is 35.9 Å². The lowest BCUT2D eigenvalue weighted by atomic mass is 9.89. The summed E-state index contributed by atoms with van der Waals surface area (Å²) in [7, 11) is 0. The van der Waals surface area contributed by atoms with Crippen LogP contribution in [-0.2, 0) is 14.4 Å². The highest BCUT2D eigenvalue weighted by Crippen LogP contribution is 2.29. The summed E-state index contributed by atoms with van der Waals surface area (Å²) in [6, 6.07) is 7.86. The molecule has 8 heteroatoms. The Morgan fingerprint density at radius 3 is 2.43 bits per heavy atom. The Morgan fingerprint density at radius 2 is 1.82 bits per heavy atom. The molecule has 3 rings (SSSR count). The minimum atomic E-state index is -0.726. The number of nitrogens with one attached hydrogen (secondary N) is 2. The van der Waals surface area contributed by atoms with E-state index in [-0.39, 0.29) is 36.7 Å². The average Bonchev–Trinajstić information content (AvgIpc) is 2.65. The van der Waals surface area contributed by atoms with Crippen molar-refractivity contribution in [1.82, 2.24) is 10.2 Å². The molecule has 2 aliphatic heterocycles. The fraction of sp³-hybridized carbons (Fsp3) is 0.550. The smallest absolute Gasteiger partial charge is 0.303 e. The number of likely N-dealkylation sites (tertiary alicyclic amines) is 1. The van der Waals surface area contributed by atoms with Gasteiger partial charge in [0.05, 0.1) is 0 Å². The Bertz CT molecular complexity index is 687. The van der Waals surface area contributed by atoms with Gasteiger partial charge >= 0.3 is 5.97 Å². The Balaban J connectivity index is 0.00000280. The molecule has 0 aliphatic carbocycles. The van der Waals surface area contributed by atoms with Gasteiger partial charge in [-0.2, -0.15) is 0 Å². The van der Waals surface area contributed by atoms with Crippen LogP contribution >= 0.6 is 12.4 Å². The van der Waals surface area contributed by atoms with Gasteiger partial charge in [0.25, 0.3) is 0 Å². The molecule has 0 saturated carbocycles. The van der Waals surface area contributed by atoms with Crippen LogP contribution in [0.25, 0.3) is 0 Å². The predicted octanol–water partition coefficient (Wildman–Crippen LogP) is 2.37. The topological polar surface area (TPSA) is 98.7 Å². The third-order valence-electron chi connectivity index (χ3n) is 5.41. The lowest BCUT2D eigenvalue weighted by molar-refractivity contribution is -0.137. The second-order valence-corrected chi connectivity index (χ2v) is 7.38. The van der Waals surface area contributed by atoms with Crippen molar-refractivity contribution in [2.45, 2.75) is 50.5 Å². The summed E-state index contributed by atoms with van der Waals surface area (Å²) in [6.45, 7) is 2.86. The van der Waals surface area contributed by atoms with Crippen molar-refractivity contribution in [2.75, 3.05) is 25.0 Å². The van der Waals surface area contributed by atoms with Gasteiger partial charge in [0.2, 0.25) is 11.8 Å². The Hall–Kier alpha value is -2.12. The summed E-state index contributed by atoms with van der Waals surface area (Å²) in [5.41, 5.74) is 2.19. The molecule has 1 aromatic carbocycles. The van der Waals surface area contributed by atoms with Crippen LogP contribution in [0, 0.1) is 0 Å². The normalized spacial score (nSPS) is 20.9. The number of carboxylic acid groups (broad SMARTS) is 1. The van der Waals surface area contributed by atoms with Gasteiger partial charge in [0.1, 0.15) is 6.04 Å². The van der Waals surface area contributed by atoms with Crippen molar-refractivity contribution in [2.24, 2.45) is 0 Å². The van der Waals surface area contributed by atoms with E-state index in [9.17, 15) is 14.4 Å². The van der Waals surface area contributed by atoms with Crippen LogP contribution in [0.1, 0.15) is 50.0 Å². The van der Waals surface area contributed by atoms with Crippen molar-refractivity contribution in [1.29, 1.82) is 0 Å². The number of halogens is 1. The van der Waals surface area contributed by atoms with Crippen molar-refractivity contribution in [3.8, 4) is 0 Å². The molecule has 28 heavy (non-hydrogen) atoms. The fourth-order valence-corrected chi connectivity index (χ4v) is 3.83. The van der Waals surface area contributed by atoms with Gasteiger partial charge < -0.3 is 15.3 Å². The SMILES string of the molecule is Cl.O=C(O)CCCN1CCC(c2ccc(N[C@H]3CCC(=O)NC3=O)cc2)CC1. The maximum absolute atomic E-state index is 11.8. The average molecular weight is 410 g/mol. The molecule has 0 unspecified atom stereocenters. The molecule has 1 atom stereocenters. The number of anilines is 1. The van der Waals surface area contributed by atoms with E-state index in [1.54, 1.807) is 0 Å². The Labute approximate surface area is 171 Å². The van der Waals surface area contributed by atoms with E-state index in [4.69, 9.17) is 5.11 Å². The van der Waals surface area contributed by atoms with Gasteiger partial charge in [-0.15, -0.1) is 12.4 Å². The summed E-state index contributed by atoms with van der Waals surface area (Å²) in [5, 5.41) is 14.3. The summed E-state index contributed by atoms with van der Waals surface area (Å²) < 4.78 is 0. The molecule has 2 heterocycles. The van der Waals surface area contributed by atoms with Crippen LogP contribution in [0.15, 0.2) is 24.3 Å². The van der Waals surface area contributed by atoms with E-state index in [1.807, 2.05) is 12.1 Å². The number of aliphatic carboxylic acids is 1. The van der Waals surface area contributed by atoms with Gasteiger partial charge in [-0.25, -0.2) is 0 Å². The second-order valence-electron chi connectivity index (χ2n) is 7.38. The van der Waals surface area contributed by atoms with Crippen LogP contribution in [0.5, 0.6) is 0 Å². The third-order valence-corrected chi connectivity index (χ3v) is 5.41. The Kier molecular flexibility index (Phi) is 8.26. The number of piperidine rings is 2. The summed E-state index contributed by atoms with van der Waals surface area (Å²) >= 11 is 0. The quantitative estimate of drug-likeness (QED) is 0.598. The highest BCUT2D eigenvalue weighted by atomic mass is 35.5. The number of benzene rings is 1. The van der Waals surface area contributed by atoms with Crippen LogP contribution in [0.2, 0.25) is 0 Å². The molecule has 2 amide bonds. The summed E-state index contributed by atoms with van der Waals surface area (Å²) in [6.07, 6.45) is 3.99. The molecule has 7 nitrogen and oxygen atoms in total. The zero-order valence-corrected chi connectivity index (χ0v) is 16.7. The number of carboxylic acids is 1. The molecule has 0 bridgehead atoms. The van der Waals surface area contributed by atoms with Gasteiger partial charge in [0, 0.05) is 18.5 Å². The first kappa shape index (κ1) is 22.2. The lowest BCUT2D eigenvalue weighted by Crippen LogP contribution is -2.47. The maximum Gasteiger partial charge on any atom is 0.303 e.